The topological polar surface area (TPSA) is 59.8 Å². The van der Waals surface area contributed by atoms with Crippen LogP contribution in [0, 0.1) is 13.8 Å². The highest BCUT2D eigenvalue weighted by Crippen LogP contribution is 2.25. The third kappa shape index (κ3) is 2.99. The molecule has 120 valence electrons. The van der Waals surface area contributed by atoms with Gasteiger partial charge in [0.05, 0.1) is 34.1 Å². The van der Waals surface area contributed by atoms with Crippen molar-refractivity contribution in [3.8, 4) is 0 Å². The third-order valence-electron chi connectivity index (χ3n) is 3.97. The molecule has 2 aromatic heterocycles. The minimum atomic E-state index is -0.320. The Balaban J connectivity index is 1.79. The predicted molar refractivity (Wildman–Crippen MR) is 92.6 cm³/mol. The Morgan fingerprint density at radius 3 is 2.70 bits per heavy atom. The van der Waals surface area contributed by atoms with Crippen molar-refractivity contribution in [2.75, 3.05) is 0 Å². The first-order chi connectivity index (χ1) is 11.0. The van der Waals surface area contributed by atoms with E-state index in [-0.39, 0.29) is 18.0 Å². The van der Waals surface area contributed by atoms with Crippen LogP contribution in [-0.4, -0.2) is 20.4 Å². The van der Waals surface area contributed by atoms with Gasteiger partial charge in [0.25, 0.3) is 0 Å². The Labute approximate surface area is 139 Å². The van der Waals surface area contributed by atoms with Gasteiger partial charge in [-0.3, -0.25) is 4.79 Å². The minimum absolute atomic E-state index is 0.0221. The zero-order chi connectivity index (χ0) is 16.6. The second kappa shape index (κ2) is 6.12. The lowest BCUT2D eigenvalue weighted by Crippen LogP contribution is -2.32. The van der Waals surface area contributed by atoms with Crippen LogP contribution in [0.1, 0.15) is 41.5 Å². The fourth-order valence-electron chi connectivity index (χ4n) is 2.76. The Morgan fingerprint density at radius 2 is 2.00 bits per heavy atom. The number of amides is 1. The van der Waals surface area contributed by atoms with Crippen LogP contribution in [0.4, 0.5) is 0 Å². The summed E-state index contributed by atoms with van der Waals surface area (Å²) in [5.74, 6) is -0.0221. The van der Waals surface area contributed by atoms with Crippen LogP contribution < -0.4 is 5.32 Å². The fourth-order valence-corrected chi connectivity index (χ4v) is 3.69. The maximum atomic E-state index is 12.6. The maximum absolute atomic E-state index is 12.6. The predicted octanol–water partition coefficient (Wildman–Crippen LogP) is 3.55. The minimum Gasteiger partial charge on any atom is -0.347 e. The molecule has 0 unspecified atom stereocenters. The highest BCUT2D eigenvalue weighted by Gasteiger charge is 2.21. The number of carbonyl (C=O) groups excluding carboxylic acids is 1. The van der Waals surface area contributed by atoms with E-state index in [1.54, 1.807) is 17.7 Å². The summed E-state index contributed by atoms with van der Waals surface area (Å²) < 4.78 is 1.90. The summed E-state index contributed by atoms with van der Waals surface area (Å²) in [7, 11) is 0. The van der Waals surface area contributed by atoms with Crippen molar-refractivity contribution in [3.63, 3.8) is 0 Å². The van der Waals surface area contributed by atoms with Crippen LogP contribution in [0.5, 0.6) is 0 Å². The molecular formula is C17H20N4OS. The summed E-state index contributed by atoms with van der Waals surface area (Å²) in [4.78, 5) is 22.5. The fraction of sp³-hybridized carbons (Fsp3) is 0.353. The van der Waals surface area contributed by atoms with Gasteiger partial charge in [-0.25, -0.2) is 9.97 Å². The molecule has 0 saturated heterocycles. The summed E-state index contributed by atoms with van der Waals surface area (Å²) in [5.41, 5.74) is 2.85. The molecule has 0 fully saturated rings. The summed E-state index contributed by atoms with van der Waals surface area (Å²) in [6, 6.07) is 7.46. The van der Waals surface area contributed by atoms with Crippen LogP contribution in [0.2, 0.25) is 0 Å². The van der Waals surface area contributed by atoms with Gasteiger partial charge in [-0.05, 0) is 39.8 Å². The molecule has 0 spiro atoms. The number of hydrogen-bond donors (Lipinski definition) is 1. The van der Waals surface area contributed by atoms with E-state index in [0.29, 0.717) is 0 Å². The molecule has 0 aliphatic heterocycles. The Hall–Kier alpha value is -2.21. The zero-order valence-corrected chi connectivity index (χ0v) is 14.5. The second-order valence-electron chi connectivity index (χ2n) is 5.73. The van der Waals surface area contributed by atoms with Gasteiger partial charge in [-0.1, -0.05) is 12.1 Å². The third-order valence-corrected chi connectivity index (χ3v) is 5.22. The molecule has 1 N–H and O–H groups in total. The molecular weight excluding hydrogens is 308 g/mol. The number of nitrogens with zero attached hydrogens (tertiary/aromatic N) is 3. The van der Waals surface area contributed by atoms with E-state index in [1.165, 1.54) is 0 Å². The van der Waals surface area contributed by atoms with E-state index in [2.05, 4.69) is 15.3 Å². The van der Waals surface area contributed by atoms with Crippen molar-refractivity contribution in [1.82, 2.24) is 19.9 Å². The van der Waals surface area contributed by atoms with Crippen LogP contribution in [0.3, 0.4) is 0 Å². The van der Waals surface area contributed by atoms with Crippen LogP contribution in [0.25, 0.3) is 11.0 Å². The molecule has 0 aliphatic carbocycles. The number of imidazole rings is 1. The number of carbonyl (C=O) groups is 1. The van der Waals surface area contributed by atoms with Gasteiger partial charge in [0, 0.05) is 4.88 Å². The molecule has 2 atom stereocenters. The van der Waals surface area contributed by atoms with Gasteiger partial charge in [-0.15, -0.1) is 11.3 Å². The largest absolute Gasteiger partial charge is 0.347 e. The SMILES string of the molecule is Cc1nc(C)c([C@H](C)NC(=O)[C@@H](C)n2cnc3ccccc32)s1. The molecule has 6 heteroatoms. The van der Waals surface area contributed by atoms with Crippen LogP contribution in [-0.2, 0) is 4.79 Å². The van der Waals surface area contributed by atoms with Crippen molar-refractivity contribution in [1.29, 1.82) is 0 Å². The first-order valence-electron chi connectivity index (χ1n) is 7.63. The van der Waals surface area contributed by atoms with Gasteiger partial charge >= 0.3 is 0 Å². The van der Waals surface area contributed by atoms with Crippen molar-refractivity contribution in [2.24, 2.45) is 0 Å². The summed E-state index contributed by atoms with van der Waals surface area (Å²) >= 11 is 1.63. The second-order valence-corrected chi connectivity index (χ2v) is 6.96. The lowest BCUT2D eigenvalue weighted by Gasteiger charge is -2.18. The Bertz CT molecular complexity index is 851. The van der Waals surface area contributed by atoms with Crippen LogP contribution >= 0.6 is 11.3 Å². The number of rotatable bonds is 4. The molecule has 3 rings (SSSR count). The number of aryl methyl sites for hydroxylation is 2. The van der Waals surface area contributed by atoms with Crippen molar-refractivity contribution in [2.45, 2.75) is 39.8 Å². The summed E-state index contributed by atoms with van der Waals surface area (Å²) in [5, 5.41) is 4.11. The molecule has 23 heavy (non-hydrogen) atoms. The number of thiazole rings is 1. The molecule has 5 nitrogen and oxygen atoms in total. The van der Waals surface area contributed by atoms with Gasteiger partial charge < -0.3 is 9.88 Å². The highest BCUT2D eigenvalue weighted by atomic mass is 32.1. The summed E-state index contributed by atoms with van der Waals surface area (Å²) in [6.45, 7) is 7.85. The van der Waals surface area contributed by atoms with E-state index in [9.17, 15) is 4.79 Å². The molecule has 3 aromatic rings. The van der Waals surface area contributed by atoms with Crippen molar-refractivity contribution < 1.29 is 4.79 Å². The number of hydrogen-bond acceptors (Lipinski definition) is 4. The lowest BCUT2D eigenvalue weighted by atomic mass is 10.2. The molecule has 0 radical (unpaired) electrons. The van der Waals surface area contributed by atoms with Crippen molar-refractivity contribution in [3.05, 3.63) is 46.2 Å². The average Bonchev–Trinajstić information content (AvgIpc) is 3.09. The molecule has 2 heterocycles. The molecule has 1 aromatic carbocycles. The summed E-state index contributed by atoms with van der Waals surface area (Å²) in [6.07, 6.45) is 1.72. The number of para-hydroxylation sites is 2. The van der Waals surface area contributed by atoms with Gasteiger partial charge in [0.2, 0.25) is 5.91 Å². The Morgan fingerprint density at radius 1 is 1.26 bits per heavy atom. The lowest BCUT2D eigenvalue weighted by molar-refractivity contribution is -0.124. The van der Waals surface area contributed by atoms with E-state index in [4.69, 9.17) is 0 Å². The van der Waals surface area contributed by atoms with E-state index >= 15 is 0 Å². The Kier molecular flexibility index (Phi) is 4.17. The van der Waals surface area contributed by atoms with Gasteiger partial charge in [0.1, 0.15) is 6.04 Å². The number of aromatic nitrogens is 3. The number of fused-ring (bicyclic) bond motifs is 1. The maximum Gasteiger partial charge on any atom is 0.243 e. The van der Waals surface area contributed by atoms with E-state index in [1.807, 2.05) is 56.5 Å². The van der Waals surface area contributed by atoms with E-state index < -0.39 is 0 Å². The standard InChI is InChI=1S/C17H20N4OS/c1-10-16(23-13(4)19-10)11(2)20-17(22)12(3)21-9-18-14-7-5-6-8-15(14)21/h5-9,11-12H,1-4H3,(H,20,22)/t11-,12+/m0/s1. The van der Waals surface area contributed by atoms with E-state index in [0.717, 1.165) is 26.6 Å². The highest BCUT2D eigenvalue weighted by molar-refractivity contribution is 7.11. The van der Waals surface area contributed by atoms with Gasteiger partial charge in [-0.2, -0.15) is 0 Å². The van der Waals surface area contributed by atoms with Crippen LogP contribution in [0.15, 0.2) is 30.6 Å². The van der Waals surface area contributed by atoms with Gasteiger partial charge in [0.15, 0.2) is 0 Å². The normalized spacial score (nSPS) is 13.9. The number of benzene rings is 1. The molecule has 0 aliphatic rings. The average molecular weight is 328 g/mol. The van der Waals surface area contributed by atoms with Crippen molar-refractivity contribution >= 4 is 28.3 Å². The first kappa shape index (κ1) is 15.7. The monoisotopic (exact) mass is 328 g/mol. The zero-order valence-electron chi connectivity index (χ0n) is 13.7. The quantitative estimate of drug-likeness (QED) is 0.797. The number of nitrogens with one attached hydrogen (secondary N) is 1. The molecule has 0 bridgehead atoms. The first-order valence-corrected chi connectivity index (χ1v) is 8.45. The molecule has 1 amide bonds. The smallest absolute Gasteiger partial charge is 0.243 e. The molecule has 0 saturated carbocycles.